The summed E-state index contributed by atoms with van der Waals surface area (Å²) < 4.78 is 27.8. The number of likely N-dealkylation sites (tertiary alicyclic amines) is 1. The van der Waals surface area contributed by atoms with Gasteiger partial charge in [0.25, 0.3) is 5.91 Å². The van der Waals surface area contributed by atoms with Crippen LogP contribution < -0.4 is 21.3 Å². The van der Waals surface area contributed by atoms with Gasteiger partial charge in [0, 0.05) is 25.7 Å². The smallest absolute Gasteiger partial charge is 0.315 e. The highest BCUT2D eigenvalue weighted by atomic mass is 32.2. The van der Waals surface area contributed by atoms with Crippen molar-refractivity contribution >= 4 is 39.6 Å². The number of urea groups is 1. The van der Waals surface area contributed by atoms with Crippen molar-refractivity contribution in [1.82, 2.24) is 30.5 Å². The predicted octanol–water partition coefficient (Wildman–Crippen LogP) is 2.05. The Bertz CT molecular complexity index is 1390. The molecule has 0 aromatic rings. The fourth-order valence-electron chi connectivity index (χ4n) is 8.03. The summed E-state index contributed by atoms with van der Waals surface area (Å²) >= 11 is 0. The van der Waals surface area contributed by atoms with Gasteiger partial charge in [-0.25, -0.2) is 17.5 Å². The van der Waals surface area contributed by atoms with Crippen LogP contribution in [0.25, 0.3) is 0 Å². The van der Waals surface area contributed by atoms with E-state index in [9.17, 15) is 32.4 Å². The normalized spacial score (nSPS) is 27.5. The molecule has 2 heterocycles. The number of nitrogens with one attached hydrogen (secondary N) is 4. The molecule has 5 rings (SSSR count). The van der Waals surface area contributed by atoms with Crippen LogP contribution in [-0.2, 0) is 29.2 Å². The molecular weight excluding hydrogens is 636 g/mol. The van der Waals surface area contributed by atoms with E-state index >= 15 is 0 Å². The summed E-state index contributed by atoms with van der Waals surface area (Å²) in [6.07, 6.45) is 6.98. The van der Waals surface area contributed by atoms with Gasteiger partial charge in [-0.15, -0.1) is 0 Å². The predicted molar refractivity (Wildman–Crippen MR) is 180 cm³/mol. The van der Waals surface area contributed by atoms with Crippen LogP contribution in [0.1, 0.15) is 106 Å². The van der Waals surface area contributed by atoms with E-state index in [2.05, 4.69) is 35.1 Å². The molecule has 5 amide bonds. The third-order valence-electron chi connectivity index (χ3n) is 11.4. The van der Waals surface area contributed by atoms with Gasteiger partial charge in [0.05, 0.1) is 17.3 Å². The number of hydrogen-bond acceptors (Lipinski definition) is 7. The molecule has 5 aliphatic rings. The van der Waals surface area contributed by atoms with Crippen LogP contribution in [0.5, 0.6) is 0 Å². The first-order chi connectivity index (χ1) is 22.4. The third-order valence-corrected chi connectivity index (χ3v) is 13.4. The Hall–Kier alpha value is -2.74. The second kappa shape index (κ2) is 13.5. The Morgan fingerprint density at radius 2 is 1.58 bits per heavy atom. The Labute approximate surface area is 285 Å². The number of fused-ring (bicyclic) bond motifs is 1. The van der Waals surface area contributed by atoms with Crippen LogP contribution in [0.3, 0.4) is 0 Å². The fourth-order valence-corrected chi connectivity index (χ4v) is 10.1. The molecule has 5 fully saturated rings. The highest BCUT2D eigenvalue weighted by molar-refractivity contribution is 7.89. The van der Waals surface area contributed by atoms with Gasteiger partial charge in [0.15, 0.2) is 0 Å². The van der Waals surface area contributed by atoms with Crippen molar-refractivity contribution in [2.24, 2.45) is 22.7 Å². The second-order valence-electron chi connectivity index (χ2n) is 16.6. The van der Waals surface area contributed by atoms with E-state index in [1.165, 1.54) is 9.21 Å². The zero-order valence-corrected chi connectivity index (χ0v) is 30.3. The molecule has 0 aromatic heterocycles. The summed E-state index contributed by atoms with van der Waals surface area (Å²) in [5, 5.41) is 11.4. The van der Waals surface area contributed by atoms with E-state index in [4.69, 9.17) is 0 Å². The number of nitrogens with zero attached hydrogens (tertiary/aromatic N) is 2. The number of rotatable bonds is 13. The van der Waals surface area contributed by atoms with Crippen molar-refractivity contribution in [1.29, 1.82) is 0 Å². The van der Waals surface area contributed by atoms with Gasteiger partial charge in [-0.2, -0.15) is 0 Å². The van der Waals surface area contributed by atoms with E-state index in [1.807, 2.05) is 27.7 Å². The monoisotopic (exact) mass is 692 g/mol. The Morgan fingerprint density at radius 1 is 0.938 bits per heavy atom. The Kier molecular flexibility index (Phi) is 10.3. The molecular formula is C34H56N6O7S. The first kappa shape index (κ1) is 36.5. The minimum absolute atomic E-state index is 0.00680. The molecule has 0 spiro atoms. The number of sulfonamides is 1. The number of carbonyl (C=O) groups excluding carboxylic acids is 5. The summed E-state index contributed by atoms with van der Waals surface area (Å²) in [6.45, 7) is 12.8. The zero-order valence-electron chi connectivity index (χ0n) is 29.5. The Balaban J connectivity index is 1.32. The van der Waals surface area contributed by atoms with Crippen molar-refractivity contribution in [2.45, 2.75) is 135 Å². The van der Waals surface area contributed by atoms with Gasteiger partial charge in [0.2, 0.25) is 27.6 Å². The number of ketones is 1. The van der Waals surface area contributed by atoms with Gasteiger partial charge in [-0.05, 0) is 61.2 Å². The van der Waals surface area contributed by atoms with E-state index in [-0.39, 0.29) is 29.0 Å². The molecule has 2 saturated heterocycles. The average molecular weight is 693 g/mol. The molecule has 3 aliphatic carbocycles. The zero-order chi connectivity index (χ0) is 35.2. The molecule has 2 aliphatic heterocycles. The number of carbonyl (C=O) groups is 5. The van der Waals surface area contributed by atoms with Crippen molar-refractivity contribution < 1.29 is 32.4 Å². The molecule has 3 saturated carbocycles. The maximum absolute atomic E-state index is 14.4. The minimum atomic E-state index is -3.55. The van der Waals surface area contributed by atoms with Gasteiger partial charge in [-0.3, -0.25) is 19.2 Å². The molecule has 0 bridgehead atoms. The largest absolute Gasteiger partial charge is 0.347 e. The molecule has 4 N–H and O–H groups in total. The van der Waals surface area contributed by atoms with Crippen LogP contribution in [0, 0.1) is 22.7 Å². The van der Waals surface area contributed by atoms with Gasteiger partial charge in [0.1, 0.15) is 12.1 Å². The van der Waals surface area contributed by atoms with Crippen molar-refractivity contribution in [3.63, 3.8) is 0 Å². The van der Waals surface area contributed by atoms with E-state index in [0.29, 0.717) is 45.3 Å². The van der Waals surface area contributed by atoms with Gasteiger partial charge >= 0.3 is 6.03 Å². The van der Waals surface area contributed by atoms with Gasteiger partial charge in [-0.1, -0.05) is 67.2 Å². The van der Waals surface area contributed by atoms with Crippen LogP contribution in [0.15, 0.2) is 0 Å². The molecule has 0 unspecified atom stereocenters. The number of hydrogen-bond donors (Lipinski definition) is 4. The summed E-state index contributed by atoms with van der Waals surface area (Å²) in [5.41, 5.74) is -1.87. The number of Topliss-reactive ketones (excluding diaryl/α,β-unsaturated/α-hetero) is 1. The van der Waals surface area contributed by atoms with Crippen LogP contribution in [0.2, 0.25) is 0 Å². The summed E-state index contributed by atoms with van der Waals surface area (Å²) in [4.78, 5) is 69.3. The fraction of sp³-hybridized carbons (Fsp3) is 0.853. The highest BCUT2D eigenvalue weighted by Crippen LogP contribution is 2.65. The maximum Gasteiger partial charge on any atom is 0.315 e. The molecule has 0 aromatic carbocycles. The summed E-state index contributed by atoms with van der Waals surface area (Å²) in [6, 6.07) is -3.48. The van der Waals surface area contributed by atoms with Crippen molar-refractivity contribution in [3.8, 4) is 0 Å². The lowest BCUT2D eigenvalue weighted by molar-refractivity contribution is -0.145. The first-order valence-electron chi connectivity index (χ1n) is 17.9. The van der Waals surface area contributed by atoms with Crippen LogP contribution >= 0.6 is 0 Å². The molecule has 0 radical (unpaired) electrons. The maximum atomic E-state index is 14.4. The lowest BCUT2D eigenvalue weighted by Gasteiger charge is -2.42. The molecule has 5 atom stereocenters. The molecule has 13 nitrogen and oxygen atoms in total. The van der Waals surface area contributed by atoms with Crippen LogP contribution in [-0.4, -0.2) is 102 Å². The highest BCUT2D eigenvalue weighted by Gasteiger charge is 2.70. The summed E-state index contributed by atoms with van der Waals surface area (Å²) in [7, 11) is -3.55. The topological polar surface area (TPSA) is 174 Å². The van der Waals surface area contributed by atoms with Crippen molar-refractivity contribution in [2.75, 3.05) is 25.4 Å². The molecule has 270 valence electrons. The third kappa shape index (κ3) is 7.69. The standard InChI is InChI=1S/C34H56N6O7S/c1-7-12-23(26(41)29(43)35-21-13-14-21)36-28(42)25-24-22(33(24,5)6)19-40(25)30(44)27(32(2,3)4)37-31(45)38-34(15-9-8-10-16-34)20-48(46,47)39-17-11-18-39/h21-25,27H,7-20H2,1-6H3,(H,35,43)(H,36,42)(H2,37,38,45)/t22-,23-,24-,25-,27+/m0/s1. The average Bonchev–Trinajstić information content (AvgIpc) is 3.80. The van der Waals surface area contributed by atoms with E-state index in [1.54, 1.807) is 0 Å². The number of amides is 5. The van der Waals surface area contributed by atoms with E-state index in [0.717, 1.165) is 38.5 Å². The second-order valence-corrected chi connectivity index (χ2v) is 18.6. The molecule has 14 heteroatoms. The minimum Gasteiger partial charge on any atom is -0.347 e. The summed E-state index contributed by atoms with van der Waals surface area (Å²) in [5.74, 6) is -2.49. The quantitative estimate of drug-likeness (QED) is 0.214. The number of piperidine rings is 1. The Morgan fingerprint density at radius 3 is 2.12 bits per heavy atom. The van der Waals surface area contributed by atoms with E-state index < -0.39 is 68.6 Å². The van der Waals surface area contributed by atoms with Gasteiger partial charge < -0.3 is 26.2 Å². The first-order valence-corrected chi connectivity index (χ1v) is 19.5. The SMILES string of the molecule is CCC[C@H](NC(=O)[C@@H]1[C@@H]2[C@H](CN1C(=O)[C@@H](NC(=O)NC1(CS(=O)(=O)N3CCC3)CCCCC1)C(C)(C)C)C2(C)C)C(=O)C(=O)NC1CC1. The lowest BCUT2D eigenvalue weighted by atomic mass is 9.83. The van der Waals surface area contributed by atoms with Crippen LogP contribution in [0.4, 0.5) is 4.79 Å². The lowest BCUT2D eigenvalue weighted by Crippen LogP contribution is -2.64. The molecule has 48 heavy (non-hydrogen) atoms. The van der Waals surface area contributed by atoms with Crippen molar-refractivity contribution in [3.05, 3.63) is 0 Å².